The fourth-order valence-corrected chi connectivity index (χ4v) is 3.24. The minimum Gasteiger partial charge on any atom is -0.360 e. The zero-order chi connectivity index (χ0) is 18.3. The summed E-state index contributed by atoms with van der Waals surface area (Å²) in [5.74, 6) is -1.15. The first-order valence-electron chi connectivity index (χ1n) is 8.32. The maximum absolute atomic E-state index is 13.6. The van der Waals surface area contributed by atoms with Crippen molar-refractivity contribution in [1.29, 1.82) is 0 Å². The Balaban J connectivity index is 1.57. The maximum atomic E-state index is 13.6. The summed E-state index contributed by atoms with van der Waals surface area (Å²) < 4.78 is 34.0. The number of hydrogen-bond acceptors (Lipinski definition) is 3. The summed E-state index contributed by atoms with van der Waals surface area (Å²) >= 11 is 0. The van der Waals surface area contributed by atoms with Crippen LogP contribution in [0, 0.1) is 11.6 Å². The van der Waals surface area contributed by atoms with Crippen LogP contribution in [-0.4, -0.2) is 27.1 Å². The van der Waals surface area contributed by atoms with Gasteiger partial charge in [-0.15, -0.1) is 0 Å². The Bertz CT molecular complexity index is 977. The molecule has 26 heavy (non-hydrogen) atoms. The number of carbonyl (C=O) groups excluding carboxylic acids is 1. The lowest BCUT2D eigenvalue weighted by atomic mass is 10.0. The van der Waals surface area contributed by atoms with E-state index in [1.54, 1.807) is 4.90 Å². The largest absolute Gasteiger partial charge is 0.360 e. The number of fused-ring (bicyclic) bond motifs is 1. The van der Waals surface area contributed by atoms with E-state index in [4.69, 9.17) is 4.52 Å². The molecule has 4 rings (SSSR count). The topological polar surface area (TPSA) is 51.3 Å². The molecule has 1 aliphatic heterocycles. The molecule has 7 heteroatoms. The lowest BCUT2D eigenvalue weighted by Crippen LogP contribution is -2.36. The van der Waals surface area contributed by atoms with Crippen LogP contribution in [0.25, 0.3) is 11.3 Å². The lowest BCUT2D eigenvalue weighted by molar-refractivity contribution is -0.131. The monoisotopic (exact) mass is 357 g/mol. The van der Waals surface area contributed by atoms with Crippen LogP contribution in [0.4, 0.5) is 8.78 Å². The van der Waals surface area contributed by atoms with Crippen LogP contribution in [0.5, 0.6) is 0 Å². The molecule has 0 bridgehead atoms. The molecule has 5 nitrogen and oxygen atoms in total. The first-order valence-corrected chi connectivity index (χ1v) is 8.32. The van der Waals surface area contributed by atoms with Gasteiger partial charge in [-0.3, -0.25) is 4.79 Å². The first kappa shape index (κ1) is 16.5. The average Bonchev–Trinajstić information content (AvgIpc) is 3.23. The second-order valence-corrected chi connectivity index (χ2v) is 6.49. The SMILES string of the molecule is Cn1ccc(CC(=O)N2CCc3onc(-c4ccc(F)c(F)c4)c3C2)c1. The highest BCUT2D eigenvalue weighted by Crippen LogP contribution is 2.31. The summed E-state index contributed by atoms with van der Waals surface area (Å²) in [6.45, 7) is 0.893. The van der Waals surface area contributed by atoms with E-state index in [0.717, 1.165) is 23.3 Å². The van der Waals surface area contributed by atoms with E-state index in [-0.39, 0.29) is 5.91 Å². The number of amides is 1. The molecule has 2 aromatic heterocycles. The standard InChI is InChI=1S/C19H17F2N3O2/c1-23-6-4-12(10-23)8-18(25)24-7-5-17-14(11-24)19(22-26-17)13-2-3-15(20)16(21)9-13/h2-4,6,9-10H,5,7-8,11H2,1H3. The molecule has 0 fully saturated rings. The fourth-order valence-electron chi connectivity index (χ4n) is 3.24. The third-order valence-electron chi connectivity index (χ3n) is 4.62. The molecule has 0 aliphatic carbocycles. The van der Waals surface area contributed by atoms with E-state index in [1.807, 2.05) is 30.1 Å². The number of aryl methyl sites for hydroxylation is 1. The molecule has 0 saturated carbocycles. The van der Waals surface area contributed by atoms with Gasteiger partial charge in [0.25, 0.3) is 0 Å². The molecule has 3 heterocycles. The van der Waals surface area contributed by atoms with Crippen molar-refractivity contribution in [3.63, 3.8) is 0 Å². The molecule has 1 aromatic carbocycles. The lowest BCUT2D eigenvalue weighted by Gasteiger charge is -2.26. The van der Waals surface area contributed by atoms with E-state index in [0.29, 0.717) is 42.9 Å². The molecular weight excluding hydrogens is 340 g/mol. The molecule has 1 aliphatic rings. The van der Waals surface area contributed by atoms with Gasteiger partial charge in [0.2, 0.25) is 5.91 Å². The summed E-state index contributed by atoms with van der Waals surface area (Å²) in [5.41, 5.74) is 2.60. The van der Waals surface area contributed by atoms with Crippen molar-refractivity contribution in [2.75, 3.05) is 6.54 Å². The Morgan fingerprint density at radius 2 is 2.12 bits per heavy atom. The minimum atomic E-state index is -0.938. The summed E-state index contributed by atoms with van der Waals surface area (Å²) in [6.07, 6.45) is 4.69. The second-order valence-electron chi connectivity index (χ2n) is 6.49. The maximum Gasteiger partial charge on any atom is 0.227 e. The highest BCUT2D eigenvalue weighted by Gasteiger charge is 2.28. The quantitative estimate of drug-likeness (QED) is 0.724. The second kappa shape index (κ2) is 6.40. The molecule has 0 spiro atoms. The Labute approximate surface area is 148 Å². The van der Waals surface area contributed by atoms with Gasteiger partial charge in [-0.25, -0.2) is 8.78 Å². The van der Waals surface area contributed by atoms with Gasteiger partial charge in [0.1, 0.15) is 11.5 Å². The van der Waals surface area contributed by atoms with Crippen LogP contribution in [0.3, 0.4) is 0 Å². The van der Waals surface area contributed by atoms with Crippen molar-refractivity contribution in [1.82, 2.24) is 14.6 Å². The van der Waals surface area contributed by atoms with Crippen LogP contribution in [-0.2, 0) is 31.2 Å². The molecule has 0 N–H and O–H groups in total. The molecule has 0 unspecified atom stereocenters. The predicted molar refractivity (Wildman–Crippen MR) is 90.1 cm³/mol. The van der Waals surface area contributed by atoms with Crippen molar-refractivity contribution in [2.45, 2.75) is 19.4 Å². The number of nitrogens with zero attached hydrogens (tertiary/aromatic N) is 3. The smallest absolute Gasteiger partial charge is 0.227 e. The number of halogens is 2. The van der Waals surface area contributed by atoms with Gasteiger partial charge < -0.3 is 14.0 Å². The van der Waals surface area contributed by atoms with E-state index in [1.165, 1.54) is 6.07 Å². The van der Waals surface area contributed by atoms with Gasteiger partial charge in [0.15, 0.2) is 11.6 Å². The van der Waals surface area contributed by atoms with E-state index in [2.05, 4.69) is 5.16 Å². The molecule has 134 valence electrons. The zero-order valence-electron chi connectivity index (χ0n) is 14.2. The summed E-state index contributed by atoms with van der Waals surface area (Å²) in [4.78, 5) is 14.4. The Hall–Kier alpha value is -2.96. The van der Waals surface area contributed by atoms with E-state index < -0.39 is 11.6 Å². The minimum absolute atomic E-state index is 0.0132. The summed E-state index contributed by atoms with van der Waals surface area (Å²) in [6, 6.07) is 5.53. The fraction of sp³-hybridized carbons (Fsp3) is 0.263. The number of benzene rings is 1. The highest BCUT2D eigenvalue weighted by atomic mass is 19.2. The van der Waals surface area contributed by atoms with Crippen molar-refractivity contribution in [3.05, 3.63) is 65.2 Å². The van der Waals surface area contributed by atoms with Crippen LogP contribution < -0.4 is 0 Å². The molecule has 0 saturated heterocycles. The van der Waals surface area contributed by atoms with Crippen molar-refractivity contribution < 1.29 is 18.1 Å². The first-order chi connectivity index (χ1) is 12.5. The van der Waals surface area contributed by atoms with Crippen molar-refractivity contribution in [3.8, 4) is 11.3 Å². The third kappa shape index (κ3) is 3.00. The van der Waals surface area contributed by atoms with Crippen LogP contribution >= 0.6 is 0 Å². The molecule has 1 amide bonds. The molecule has 0 atom stereocenters. The number of hydrogen-bond donors (Lipinski definition) is 0. The Morgan fingerprint density at radius 1 is 1.27 bits per heavy atom. The van der Waals surface area contributed by atoms with Gasteiger partial charge in [0, 0.05) is 43.5 Å². The average molecular weight is 357 g/mol. The van der Waals surface area contributed by atoms with Crippen molar-refractivity contribution >= 4 is 5.91 Å². The highest BCUT2D eigenvalue weighted by molar-refractivity contribution is 5.79. The van der Waals surface area contributed by atoms with Gasteiger partial charge in [0.05, 0.1) is 13.0 Å². The van der Waals surface area contributed by atoms with Crippen LogP contribution in [0.15, 0.2) is 41.2 Å². The van der Waals surface area contributed by atoms with Crippen LogP contribution in [0.2, 0.25) is 0 Å². The van der Waals surface area contributed by atoms with Gasteiger partial charge in [-0.05, 0) is 29.8 Å². The van der Waals surface area contributed by atoms with E-state index >= 15 is 0 Å². The predicted octanol–water partition coefficient (Wildman–Crippen LogP) is 3.09. The third-order valence-corrected chi connectivity index (χ3v) is 4.62. The number of aromatic nitrogens is 2. The van der Waals surface area contributed by atoms with Crippen molar-refractivity contribution in [2.24, 2.45) is 7.05 Å². The van der Waals surface area contributed by atoms with Crippen LogP contribution in [0.1, 0.15) is 16.9 Å². The molecular formula is C19H17F2N3O2. The Morgan fingerprint density at radius 3 is 2.85 bits per heavy atom. The molecule has 0 radical (unpaired) electrons. The van der Waals surface area contributed by atoms with Gasteiger partial charge in [-0.2, -0.15) is 0 Å². The Kier molecular flexibility index (Phi) is 4.06. The molecule has 3 aromatic rings. The van der Waals surface area contributed by atoms with Gasteiger partial charge in [-0.1, -0.05) is 5.16 Å². The van der Waals surface area contributed by atoms with Gasteiger partial charge >= 0.3 is 0 Å². The summed E-state index contributed by atoms with van der Waals surface area (Å²) in [7, 11) is 1.91. The summed E-state index contributed by atoms with van der Waals surface area (Å²) in [5, 5.41) is 4.01. The normalized spacial score (nSPS) is 13.7. The zero-order valence-corrected chi connectivity index (χ0v) is 14.2. The van der Waals surface area contributed by atoms with E-state index in [9.17, 15) is 13.6 Å². The number of carbonyl (C=O) groups is 1. The number of rotatable bonds is 3.